The van der Waals surface area contributed by atoms with Crippen LogP contribution in [0, 0.1) is 0 Å². The van der Waals surface area contributed by atoms with E-state index < -0.39 is 0 Å². The molecule has 3 heterocycles. The Kier molecular flexibility index (Phi) is 2.90. The summed E-state index contributed by atoms with van der Waals surface area (Å²) < 4.78 is 6.51. The van der Waals surface area contributed by atoms with Crippen molar-refractivity contribution < 1.29 is 4.74 Å². The minimum atomic E-state index is 0.518. The molecule has 0 aliphatic carbocycles. The molecule has 0 spiro atoms. The molecule has 0 aromatic carbocycles. The second-order valence-electron chi connectivity index (χ2n) is 3.57. The summed E-state index contributed by atoms with van der Waals surface area (Å²) in [5.74, 6) is 1.17. The van der Waals surface area contributed by atoms with Gasteiger partial charge in [0.15, 0.2) is 0 Å². The molecule has 1 atom stereocenters. The van der Waals surface area contributed by atoms with Gasteiger partial charge in [-0.15, -0.1) is 0 Å². The molecule has 3 aromatic rings. The maximum atomic E-state index is 5.62. The van der Waals surface area contributed by atoms with Crippen molar-refractivity contribution >= 4 is 32.4 Å². The number of ether oxygens (including phenoxy) is 1. The SMILES string of the molecule is [AsH2]c1ncnc2ccc(Oc3cccnc3)nc12. The van der Waals surface area contributed by atoms with Gasteiger partial charge in [-0.25, -0.2) is 0 Å². The van der Waals surface area contributed by atoms with E-state index in [0.29, 0.717) is 11.6 Å². The normalized spacial score (nSPS) is 10.5. The molecule has 1 unspecified atom stereocenters. The van der Waals surface area contributed by atoms with Crippen LogP contribution in [0.5, 0.6) is 11.6 Å². The molecule has 0 amide bonds. The first-order valence-corrected chi connectivity index (χ1v) is 6.49. The quantitative estimate of drug-likeness (QED) is 0.644. The van der Waals surface area contributed by atoms with Crippen LogP contribution in [0.25, 0.3) is 11.0 Å². The van der Waals surface area contributed by atoms with E-state index in [1.165, 1.54) is 16.9 Å². The zero-order chi connectivity index (χ0) is 12.4. The fourth-order valence-electron chi connectivity index (χ4n) is 1.53. The third-order valence-corrected chi connectivity index (χ3v) is 3.23. The average Bonchev–Trinajstić information content (AvgIpc) is 2.41. The molecular weight excluding hydrogens is 291 g/mol. The standard InChI is InChI=1S/C12H9AsN4O/c13-12-11-9(15-7-16-12)3-4-10(17-11)18-8-2-1-5-14-6-8/h1-7H,13H2. The van der Waals surface area contributed by atoms with Crippen molar-refractivity contribution in [3.63, 3.8) is 0 Å². The van der Waals surface area contributed by atoms with E-state index in [1.54, 1.807) is 24.8 Å². The average molecular weight is 300 g/mol. The van der Waals surface area contributed by atoms with Crippen LogP contribution >= 0.6 is 0 Å². The molecule has 3 rings (SSSR count). The summed E-state index contributed by atoms with van der Waals surface area (Å²) in [5.41, 5.74) is 1.60. The summed E-state index contributed by atoms with van der Waals surface area (Å²) in [6, 6.07) is 7.30. The monoisotopic (exact) mass is 300 g/mol. The van der Waals surface area contributed by atoms with Crippen molar-refractivity contribution in [3.8, 4) is 11.6 Å². The summed E-state index contributed by atoms with van der Waals surface area (Å²) >= 11 is 1.41. The number of aromatic nitrogens is 4. The first kappa shape index (κ1) is 11.1. The van der Waals surface area contributed by atoms with Crippen LogP contribution in [0.2, 0.25) is 0 Å². The van der Waals surface area contributed by atoms with E-state index in [9.17, 15) is 0 Å². The minimum absolute atomic E-state index is 0.518. The first-order valence-electron chi connectivity index (χ1n) is 5.28. The number of rotatable bonds is 2. The second kappa shape index (κ2) is 4.70. The van der Waals surface area contributed by atoms with Gasteiger partial charge in [-0.05, 0) is 0 Å². The van der Waals surface area contributed by atoms with Crippen LogP contribution in [0.1, 0.15) is 0 Å². The van der Waals surface area contributed by atoms with Gasteiger partial charge in [0.05, 0.1) is 0 Å². The fourth-order valence-corrected chi connectivity index (χ4v) is 2.11. The van der Waals surface area contributed by atoms with Gasteiger partial charge in [0, 0.05) is 0 Å². The van der Waals surface area contributed by atoms with Crippen molar-refractivity contribution in [1.82, 2.24) is 19.9 Å². The molecule has 6 heteroatoms. The van der Waals surface area contributed by atoms with Crippen molar-refractivity contribution in [3.05, 3.63) is 43.0 Å². The molecule has 0 fully saturated rings. The summed E-state index contributed by atoms with van der Waals surface area (Å²) in [5, 5.41) is 0. The van der Waals surface area contributed by atoms with Gasteiger partial charge in [0.1, 0.15) is 0 Å². The Morgan fingerprint density at radius 2 is 2.06 bits per heavy atom. The Morgan fingerprint density at radius 3 is 2.89 bits per heavy atom. The van der Waals surface area contributed by atoms with Gasteiger partial charge in [-0.1, -0.05) is 0 Å². The van der Waals surface area contributed by atoms with E-state index in [-0.39, 0.29) is 0 Å². The fraction of sp³-hybridized carbons (Fsp3) is 0. The molecule has 0 aliphatic heterocycles. The maximum absolute atomic E-state index is 5.62. The summed E-state index contributed by atoms with van der Waals surface area (Å²) in [6.45, 7) is 0. The molecular formula is C12H9AsN4O. The predicted molar refractivity (Wildman–Crippen MR) is 69.8 cm³/mol. The second-order valence-corrected chi connectivity index (χ2v) is 4.71. The Balaban J connectivity index is 2.01. The Bertz CT molecular complexity index is 690. The van der Waals surface area contributed by atoms with E-state index in [0.717, 1.165) is 15.5 Å². The first-order chi connectivity index (χ1) is 8.83. The zero-order valence-electron chi connectivity index (χ0n) is 9.32. The predicted octanol–water partition coefficient (Wildman–Crippen LogP) is 0.470. The van der Waals surface area contributed by atoms with E-state index in [1.807, 2.05) is 18.2 Å². The van der Waals surface area contributed by atoms with Gasteiger partial charge < -0.3 is 0 Å². The Morgan fingerprint density at radius 1 is 1.11 bits per heavy atom. The van der Waals surface area contributed by atoms with Crippen LogP contribution in [0.4, 0.5) is 0 Å². The van der Waals surface area contributed by atoms with Crippen molar-refractivity contribution in [1.29, 1.82) is 0 Å². The number of fused-ring (bicyclic) bond motifs is 1. The molecule has 0 radical (unpaired) electrons. The summed E-state index contributed by atoms with van der Waals surface area (Å²) in [6.07, 6.45) is 4.88. The van der Waals surface area contributed by atoms with Gasteiger partial charge in [0.25, 0.3) is 0 Å². The molecule has 3 aromatic heterocycles. The number of pyridine rings is 2. The van der Waals surface area contributed by atoms with E-state index in [2.05, 4.69) is 19.9 Å². The van der Waals surface area contributed by atoms with Crippen molar-refractivity contribution in [2.24, 2.45) is 0 Å². The van der Waals surface area contributed by atoms with Gasteiger partial charge in [-0.2, -0.15) is 0 Å². The van der Waals surface area contributed by atoms with Gasteiger partial charge in [0.2, 0.25) is 0 Å². The third-order valence-electron chi connectivity index (χ3n) is 2.34. The van der Waals surface area contributed by atoms with Crippen LogP contribution in [-0.4, -0.2) is 36.8 Å². The Hall–Kier alpha value is -2.00. The van der Waals surface area contributed by atoms with Crippen LogP contribution in [0.15, 0.2) is 43.0 Å². The van der Waals surface area contributed by atoms with Crippen molar-refractivity contribution in [2.45, 2.75) is 0 Å². The summed E-state index contributed by atoms with van der Waals surface area (Å²) in [4.78, 5) is 16.7. The zero-order valence-corrected chi connectivity index (χ0v) is 11.7. The molecule has 0 aliphatic rings. The van der Waals surface area contributed by atoms with E-state index in [4.69, 9.17) is 4.74 Å². The van der Waals surface area contributed by atoms with Crippen LogP contribution in [-0.2, 0) is 0 Å². The molecule has 88 valence electrons. The molecule has 18 heavy (non-hydrogen) atoms. The van der Waals surface area contributed by atoms with Crippen LogP contribution in [0.3, 0.4) is 0 Å². The van der Waals surface area contributed by atoms with Gasteiger partial charge in [-0.3, -0.25) is 0 Å². The third kappa shape index (κ3) is 2.17. The molecule has 0 N–H and O–H groups in total. The topological polar surface area (TPSA) is 60.8 Å². The molecule has 5 nitrogen and oxygen atoms in total. The van der Waals surface area contributed by atoms with E-state index >= 15 is 0 Å². The van der Waals surface area contributed by atoms with Crippen molar-refractivity contribution in [2.75, 3.05) is 0 Å². The number of hydrogen-bond donors (Lipinski definition) is 0. The number of hydrogen-bond acceptors (Lipinski definition) is 5. The molecule has 0 saturated heterocycles. The van der Waals surface area contributed by atoms with Gasteiger partial charge >= 0.3 is 112 Å². The Labute approximate surface area is 112 Å². The summed E-state index contributed by atoms with van der Waals surface area (Å²) in [7, 11) is 0. The molecule has 0 saturated carbocycles. The van der Waals surface area contributed by atoms with Crippen LogP contribution < -0.4 is 9.22 Å². The molecule has 0 bridgehead atoms. The number of nitrogens with zero attached hydrogens (tertiary/aromatic N) is 4.